The van der Waals surface area contributed by atoms with Crippen LogP contribution >= 0.6 is 6.60 Å². The first-order chi connectivity index (χ1) is 9.04. The van der Waals surface area contributed by atoms with Crippen molar-refractivity contribution in [2.24, 2.45) is 11.3 Å². The van der Waals surface area contributed by atoms with Crippen LogP contribution in [-0.4, -0.2) is 26.7 Å². The fraction of sp³-hybridized carbons (Fsp3) is 0.684. The zero-order valence-electron chi connectivity index (χ0n) is 14.5. The third-order valence-electron chi connectivity index (χ3n) is 5.43. The Kier molecular flexibility index (Phi) is 3.88. The molecule has 0 saturated heterocycles. The summed E-state index contributed by atoms with van der Waals surface area (Å²) in [6.07, 6.45) is 4.17. The molecule has 0 aliphatic heterocycles. The van der Waals surface area contributed by atoms with E-state index in [1.54, 1.807) is 5.30 Å². The van der Waals surface area contributed by atoms with Gasteiger partial charge in [-0.1, -0.05) is 0 Å². The Morgan fingerprint density at radius 3 is 1.90 bits per heavy atom. The van der Waals surface area contributed by atoms with Gasteiger partial charge in [-0.25, -0.2) is 0 Å². The molecule has 2 rings (SSSR count). The van der Waals surface area contributed by atoms with Gasteiger partial charge in [-0.05, 0) is 0 Å². The van der Waals surface area contributed by atoms with E-state index in [2.05, 4.69) is 71.7 Å². The van der Waals surface area contributed by atoms with Crippen LogP contribution in [0.4, 0.5) is 0 Å². The summed E-state index contributed by atoms with van der Waals surface area (Å²) < 4.78 is 0. The van der Waals surface area contributed by atoms with Gasteiger partial charge in [-0.3, -0.25) is 0 Å². The van der Waals surface area contributed by atoms with E-state index in [0.717, 1.165) is 5.92 Å². The van der Waals surface area contributed by atoms with E-state index < -0.39 is 6.60 Å². The molecule has 1 heteroatoms. The Balaban J connectivity index is 2.22. The maximum atomic E-state index is 2.48. The fourth-order valence-corrected chi connectivity index (χ4v) is 4.97. The molecule has 20 heavy (non-hydrogen) atoms. The van der Waals surface area contributed by atoms with Crippen molar-refractivity contribution >= 4 is 11.9 Å². The fourth-order valence-electron chi connectivity index (χ4n) is 3.62. The Labute approximate surface area is 126 Å². The molecular weight excluding hydrogens is 259 g/mol. The standard InChI is InChI=1S/C19H33P/c1-8-18(19(3)13-14-19)15(2)16-9-11-17(12-10-16)20(4,5,6)7/h9-12,15,18H,8,13-14H2,1-7H3. The molecule has 2 unspecified atom stereocenters. The second-order valence-corrected chi connectivity index (χ2v) is 16.8. The van der Waals surface area contributed by atoms with Gasteiger partial charge < -0.3 is 0 Å². The summed E-state index contributed by atoms with van der Waals surface area (Å²) in [4.78, 5) is 0. The van der Waals surface area contributed by atoms with Gasteiger partial charge in [0.25, 0.3) is 0 Å². The van der Waals surface area contributed by atoms with Gasteiger partial charge in [0.2, 0.25) is 0 Å². The average molecular weight is 292 g/mol. The molecule has 1 saturated carbocycles. The molecular formula is C19H33P. The number of hydrogen-bond acceptors (Lipinski definition) is 0. The second kappa shape index (κ2) is 4.84. The summed E-state index contributed by atoms with van der Waals surface area (Å²) in [5.41, 5.74) is 2.16. The Bertz CT molecular complexity index is 461. The zero-order valence-corrected chi connectivity index (χ0v) is 15.4. The number of hydrogen-bond donors (Lipinski definition) is 0. The Morgan fingerprint density at radius 2 is 1.55 bits per heavy atom. The van der Waals surface area contributed by atoms with Gasteiger partial charge in [0, 0.05) is 0 Å². The van der Waals surface area contributed by atoms with Crippen molar-refractivity contribution in [3.63, 3.8) is 0 Å². The van der Waals surface area contributed by atoms with Crippen LogP contribution in [-0.2, 0) is 0 Å². The SMILES string of the molecule is CCC(C(C)c1ccc(P(C)(C)(C)C)cc1)C1(C)CC1. The second-order valence-electron chi connectivity index (χ2n) is 9.13. The van der Waals surface area contributed by atoms with Crippen molar-refractivity contribution in [3.05, 3.63) is 29.8 Å². The first-order valence-electron chi connectivity index (χ1n) is 8.14. The molecule has 1 fully saturated rings. The normalized spacial score (nSPS) is 22.6. The van der Waals surface area contributed by atoms with Crippen molar-refractivity contribution in [2.45, 2.75) is 46.0 Å². The van der Waals surface area contributed by atoms with Gasteiger partial charge in [-0.2, -0.15) is 0 Å². The minimum absolute atomic E-state index is 0.622. The quantitative estimate of drug-likeness (QED) is 0.645. The minimum atomic E-state index is -1.62. The van der Waals surface area contributed by atoms with E-state index in [1.165, 1.54) is 24.8 Å². The summed E-state index contributed by atoms with van der Waals surface area (Å²) in [6, 6.07) is 9.59. The van der Waals surface area contributed by atoms with Gasteiger partial charge >= 0.3 is 126 Å². The molecule has 0 heterocycles. The molecule has 1 aromatic rings. The Hall–Kier alpha value is -0.350. The van der Waals surface area contributed by atoms with E-state index in [0.29, 0.717) is 11.3 Å². The predicted octanol–water partition coefficient (Wildman–Crippen LogP) is 5.31. The summed E-state index contributed by atoms with van der Waals surface area (Å²) in [7, 11) is 0. The molecule has 1 aliphatic rings. The molecule has 0 amide bonds. The van der Waals surface area contributed by atoms with Crippen LogP contribution in [0.3, 0.4) is 0 Å². The molecule has 0 N–H and O–H groups in total. The topological polar surface area (TPSA) is 0 Å². The monoisotopic (exact) mass is 292 g/mol. The van der Waals surface area contributed by atoms with Crippen molar-refractivity contribution in [1.82, 2.24) is 0 Å². The molecule has 2 atom stereocenters. The van der Waals surface area contributed by atoms with Crippen molar-refractivity contribution in [1.29, 1.82) is 0 Å². The van der Waals surface area contributed by atoms with Crippen molar-refractivity contribution in [3.8, 4) is 0 Å². The van der Waals surface area contributed by atoms with E-state index in [4.69, 9.17) is 0 Å². The Morgan fingerprint density at radius 1 is 1.05 bits per heavy atom. The van der Waals surface area contributed by atoms with Crippen molar-refractivity contribution < 1.29 is 0 Å². The van der Waals surface area contributed by atoms with Crippen LogP contribution in [0, 0.1) is 11.3 Å². The third kappa shape index (κ3) is 3.28. The molecule has 0 aromatic heterocycles. The summed E-state index contributed by atoms with van der Waals surface area (Å²) in [5, 5.41) is 1.55. The average Bonchev–Trinajstić information content (AvgIpc) is 3.07. The number of rotatable bonds is 5. The van der Waals surface area contributed by atoms with Crippen LogP contribution < -0.4 is 5.30 Å². The van der Waals surface area contributed by atoms with Gasteiger partial charge in [0.15, 0.2) is 0 Å². The van der Waals surface area contributed by atoms with Crippen LogP contribution in [0.1, 0.15) is 51.5 Å². The first kappa shape index (κ1) is 16.0. The van der Waals surface area contributed by atoms with Crippen LogP contribution in [0.5, 0.6) is 0 Å². The predicted molar refractivity (Wildman–Crippen MR) is 96.2 cm³/mol. The molecule has 1 aromatic carbocycles. The maximum absolute atomic E-state index is 2.48. The first-order valence-corrected chi connectivity index (χ1v) is 12.2. The van der Waals surface area contributed by atoms with Gasteiger partial charge in [-0.15, -0.1) is 0 Å². The molecule has 0 nitrogen and oxygen atoms in total. The van der Waals surface area contributed by atoms with Gasteiger partial charge in [0.1, 0.15) is 0 Å². The summed E-state index contributed by atoms with van der Waals surface area (Å²) in [6.45, 7) is 15.4. The third-order valence-corrected chi connectivity index (χ3v) is 7.79. The molecule has 0 radical (unpaired) electrons. The molecule has 0 spiro atoms. The summed E-state index contributed by atoms with van der Waals surface area (Å²) >= 11 is 0. The summed E-state index contributed by atoms with van der Waals surface area (Å²) in [5.74, 6) is 1.53. The van der Waals surface area contributed by atoms with Crippen LogP contribution in [0.2, 0.25) is 0 Å². The molecule has 1 aliphatic carbocycles. The molecule has 114 valence electrons. The van der Waals surface area contributed by atoms with E-state index in [1.807, 2.05) is 0 Å². The van der Waals surface area contributed by atoms with Gasteiger partial charge in [0.05, 0.1) is 0 Å². The van der Waals surface area contributed by atoms with Crippen LogP contribution in [0.25, 0.3) is 0 Å². The van der Waals surface area contributed by atoms with E-state index in [-0.39, 0.29) is 0 Å². The molecule has 0 bridgehead atoms. The van der Waals surface area contributed by atoms with Crippen molar-refractivity contribution in [2.75, 3.05) is 26.7 Å². The van der Waals surface area contributed by atoms with E-state index in [9.17, 15) is 0 Å². The number of benzene rings is 1. The van der Waals surface area contributed by atoms with E-state index >= 15 is 0 Å². The zero-order chi connectivity index (χ0) is 15.2. The van der Waals surface area contributed by atoms with Crippen LogP contribution in [0.15, 0.2) is 24.3 Å².